The zero-order chi connectivity index (χ0) is 14.5. The average Bonchev–Trinajstić information content (AvgIpc) is 2.47. The van der Waals surface area contributed by atoms with Gasteiger partial charge in [-0.25, -0.2) is 0 Å². The second-order valence-electron chi connectivity index (χ2n) is 6.22. The number of hydrogen-bond donors (Lipinski definition) is 1. The summed E-state index contributed by atoms with van der Waals surface area (Å²) in [5.41, 5.74) is 0.345. The molecule has 1 atom stereocenters. The molecule has 0 radical (unpaired) electrons. The summed E-state index contributed by atoms with van der Waals surface area (Å²) >= 11 is 2.07. The molecule has 0 bridgehead atoms. The van der Waals surface area contributed by atoms with Gasteiger partial charge in [0.2, 0.25) is 0 Å². The van der Waals surface area contributed by atoms with Crippen LogP contribution in [0.4, 0.5) is 0 Å². The van der Waals surface area contributed by atoms with Crippen molar-refractivity contribution in [3.05, 3.63) is 0 Å². The SMILES string of the molecule is CCC1(CC)CN(CC(CC)(CC)SC)C(C)CN1. The van der Waals surface area contributed by atoms with Crippen molar-refractivity contribution in [2.24, 2.45) is 0 Å². The van der Waals surface area contributed by atoms with Gasteiger partial charge in [0.05, 0.1) is 0 Å². The maximum Gasteiger partial charge on any atom is 0.0304 e. The predicted molar refractivity (Wildman–Crippen MR) is 89.2 cm³/mol. The van der Waals surface area contributed by atoms with Gasteiger partial charge in [-0.15, -0.1) is 0 Å². The van der Waals surface area contributed by atoms with Crippen LogP contribution in [0.1, 0.15) is 60.3 Å². The molecule has 0 aromatic heterocycles. The van der Waals surface area contributed by atoms with Gasteiger partial charge in [0, 0.05) is 36.0 Å². The Morgan fingerprint density at radius 2 is 1.79 bits per heavy atom. The number of rotatable bonds is 7. The molecule has 0 aliphatic carbocycles. The fraction of sp³-hybridized carbons (Fsp3) is 1.00. The minimum atomic E-state index is 0.345. The molecule has 1 saturated heterocycles. The molecule has 1 unspecified atom stereocenters. The van der Waals surface area contributed by atoms with E-state index >= 15 is 0 Å². The van der Waals surface area contributed by atoms with E-state index in [4.69, 9.17) is 0 Å². The standard InChI is InChI=1S/C16H34N2S/c1-7-15(8-2)12-18(14(5)11-17-15)13-16(9-3,10-4)19-6/h14,17H,7-13H2,1-6H3. The summed E-state index contributed by atoms with van der Waals surface area (Å²) in [6.45, 7) is 15.3. The minimum absolute atomic E-state index is 0.345. The molecule has 1 N–H and O–H groups in total. The third kappa shape index (κ3) is 3.89. The van der Waals surface area contributed by atoms with E-state index < -0.39 is 0 Å². The zero-order valence-corrected chi connectivity index (χ0v) is 14.7. The van der Waals surface area contributed by atoms with E-state index in [1.165, 1.54) is 38.8 Å². The van der Waals surface area contributed by atoms with E-state index in [9.17, 15) is 0 Å². The molecule has 1 rings (SSSR count). The Balaban J connectivity index is 2.79. The molecule has 0 spiro atoms. The van der Waals surface area contributed by atoms with Crippen molar-refractivity contribution in [2.45, 2.75) is 76.6 Å². The van der Waals surface area contributed by atoms with Crippen molar-refractivity contribution in [2.75, 3.05) is 25.9 Å². The van der Waals surface area contributed by atoms with Gasteiger partial charge in [-0.3, -0.25) is 4.90 Å². The highest BCUT2D eigenvalue weighted by Crippen LogP contribution is 2.33. The van der Waals surface area contributed by atoms with Crippen LogP contribution in [0.25, 0.3) is 0 Å². The van der Waals surface area contributed by atoms with Crippen molar-refractivity contribution in [3.63, 3.8) is 0 Å². The van der Waals surface area contributed by atoms with Crippen LogP contribution in [0.5, 0.6) is 0 Å². The number of piperazine rings is 1. The molecular formula is C16H34N2S. The lowest BCUT2D eigenvalue weighted by atomic mass is 9.87. The van der Waals surface area contributed by atoms with Crippen LogP contribution in [-0.4, -0.2) is 47.1 Å². The van der Waals surface area contributed by atoms with E-state index in [1.807, 2.05) is 0 Å². The molecule has 2 nitrogen and oxygen atoms in total. The van der Waals surface area contributed by atoms with E-state index in [2.05, 4.69) is 62.9 Å². The van der Waals surface area contributed by atoms with Gasteiger partial charge in [-0.05, 0) is 38.9 Å². The Kier molecular flexibility index (Phi) is 6.68. The van der Waals surface area contributed by atoms with Gasteiger partial charge in [0.25, 0.3) is 0 Å². The topological polar surface area (TPSA) is 15.3 Å². The first-order chi connectivity index (χ1) is 9.00. The number of nitrogens with zero attached hydrogens (tertiary/aromatic N) is 1. The summed E-state index contributed by atoms with van der Waals surface area (Å²) < 4.78 is 0.443. The number of hydrogen-bond acceptors (Lipinski definition) is 3. The Hall–Kier alpha value is 0.270. The van der Waals surface area contributed by atoms with Gasteiger partial charge in [-0.2, -0.15) is 11.8 Å². The molecule has 0 saturated carbocycles. The molecule has 0 amide bonds. The lowest BCUT2D eigenvalue weighted by Gasteiger charge is -2.49. The van der Waals surface area contributed by atoms with Gasteiger partial charge in [0.15, 0.2) is 0 Å². The van der Waals surface area contributed by atoms with Crippen LogP contribution in [0.15, 0.2) is 0 Å². The lowest BCUT2D eigenvalue weighted by molar-refractivity contribution is 0.0709. The highest BCUT2D eigenvalue weighted by molar-refractivity contribution is 8.00. The van der Waals surface area contributed by atoms with Gasteiger partial charge in [-0.1, -0.05) is 27.7 Å². The second kappa shape index (κ2) is 7.33. The molecule has 0 aromatic rings. The monoisotopic (exact) mass is 286 g/mol. The molecule has 1 aliphatic heterocycles. The normalized spacial score (nSPS) is 24.6. The van der Waals surface area contributed by atoms with E-state index in [0.717, 1.165) is 6.54 Å². The summed E-state index contributed by atoms with van der Waals surface area (Å²) in [5.74, 6) is 0. The molecule has 1 heterocycles. The van der Waals surface area contributed by atoms with Crippen molar-refractivity contribution in [3.8, 4) is 0 Å². The highest BCUT2D eigenvalue weighted by atomic mass is 32.2. The summed E-state index contributed by atoms with van der Waals surface area (Å²) in [5, 5.41) is 3.80. The van der Waals surface area contributed by atoms with Gasteiger partial charge >= 0.3 is 0 Å². The van der Waals surface area contributed by atoms with E-state index in [0.29, 0.717) is 16.3 Å². The maximum atomic E-state index is 3.80. The third-order valence-electron chi connectivity index (χ3n) is 5.47. The van der Waals surface area contributed by atoms with Crippen molar-refractivity contribution in [1.29, 1.82) is 0 Å². The first-order valence-corrected chi connectivity index (χ1v) is 9.27. The number of thioether (sulfide) groups is 1. The summed E-state index contributed by atoms with van der Waals surface area (Å²) in [6.07, 6.45) is 7.29. The largest absolute Gasteiger partial charge is 0.308 e. The first kappa shape index (κ1) is 17.3. The second-order valence-corrected chi connectivity index (χ2v) is 7.49. The van der Waals surface area contributed by atoms with Crippen LogP contribution < -0.4 is 5.32 Å². The van der Waals surface area contributed by atoms with Crippen LogP contribution in [0, 0.1) is 0 Å². The zero-order valence-electron chi connectivity index (χ0n) is 13.9. The molecule has 19 heavy (non-hydrogen) atoms. The van der Waals surface area contributed by atoms with Crippen LogP contribution in [0.2, 0.25) is 0 Å². The Morgan fingerprint density at radius 3 is 2.21 bits per heavy atom. The molecular weight excluding hydrogens is 252 g/mol. The molecule has 1 fully saturated rings. The molecule has 0 aromatic carbocycles. The Bertz CT molecular complexity index is 251. The average molecular weight is 287 g/mol. The summed E-state index contributed by atoms with van der Waals surface area (Å²) in [6, 6.07) is 0.663. The quantitative estimate of drug-likeness (QED) is 0.767. The molecule has 114 valence electrons. The van der Waals surface area contributed by atoms with Crippen molar-refractivity contribution < 1.29 is 0 Å². The van der Waals surface area contributed by atoms with E-state index in [1.54, 1.807) is 0 Å². The van der Waals surface area contributed by atoms with Crippen LogP contribution in [0.3, 0.4) is 0 Å². The fourth-order valence-electron chi connectivity index (χ4n) is 3.23. The smallest absolute Gasteiger partial charge is 0.0304 e. The predicted octanol–water partition coefficient (Wildman–Crippen LogP) is 3.76. The Morgan fingerprint density at radius 1 is 1.21 bits per heavy atom. The molecule has 3 heteroatoms. The fourth-order valence-corrected chi connectivity index (χ4v) is 4.10. The number of nitrogens with one attached hydrogen (secondary N) is 1. The van der Waals surface area contributed by atoms with E-state index in [-0.39, 0.29) is 0 Å². The Labute approximate surface area is 125 Å². The van der Waals surface area contributed by atoms with Gasteiger partial charge < -0.3 is 5.32 Å². The maximum absolute atomic E-state index is 3.80. The van der Waals surface area contributed by atoms with Crippen molar-refractivity contribution >= 4 is 11.8 Å². The summed E-state index contributed by atoms with van der Waals surface area (Å²) in [4.78, 5) is 2.74. The lowest BCUT2D eigenvalue weighted by Crippen LogP contribution is -2.64. The minimum Gasteiger partial charge on any atom is -0.308 e. The van der Waals surface area contributed by atoms with Gasteiger partial charge in [0.1, 0.15) is 0 Å². The first-order valence-electron chi connectivity index (χ1n) is 8.04. The van der Waals surface area contributed by atoms with Crippen molar-refractivity contribution in [1.82, 2.24) is 10.2 Å². The highest BCUT2D eigenvalue weighted by Gasteiger charge is 2.38. The third-order valence-corrected chi connectivity index (χ3v) is 7.04. The van der Waals surface area contributed by atoms with Crippen LogP contribution >= 0.6 is 11.8 Å². The molecule has 1 aliphatic rings. The summed E-state index contributed by atoms with van der Waals surface area (Å²) in [7, 11) is 0. The van der Waals surface area contributed by atoms with Crippen LogP contribution in [-0.2, 0) is 0 Å².